The molecule has 0 radical (unpaired) electrons. The first-order valence-corrected chi connectivity index (χ1v) is 6.42. The standard InChI is InChI=1S/C9H21NO2S/c1-9(5-8-13(3)11)10-6-4-7-12-2/h9-10H,4-8H2,1-3H3. The monoisotopic (exact) mass is 207 g/mol. The minimum absolute atomic E-state index is 0.459. The largest absolute Gasteiger partial charge is 0.385 e. The van der Waals surface area contributed by atoms with Gasteiger partial charge in [0.15, 0.2) is 0 Å². The smallest absolute Gasteiger partial charge is 0.0474 e. The number of rotatable bonds is 8. The van der Waals surface area contributed by atoms with Crippen LogP contribution in [0.3, 0.4) is 0 Å². The van der Waals surface area contributed by atoms with E-state index in [1.807, 2.05) is 0 Å². The summed E-state index contributed by atoms with van der Waals surface area (Å²) < 4.78 is 15.7. The van der Waals surface area contributed by atoms with Crippen LogP contribution in [0.2, 0.25) is 0 Å². The van der Waals surface area contributed by atoms with Crippen molar-refractivity contribution in [3.63, 3.8) is 0 Å². The molecular formula is C9H21NO2S. The molecule has 0 rings (SSSR count). The summed E-state index contributed by atoms with van der Waals surface area (Å²) in [7, 11) is 1.05. The van der Waals surface area contributed by atoms with E-state index in [9.17, 15) is 4.21 Å². The van der Waals surface area contributed by atoms with Gasteiger partial charge in [0.25, 0.3) is 0 Å². The van der Waals surface area contributed by atoms with E-state index in [0.29, 0.717) is 6.04 Å². The van der Waals surface area contributed by atoms with Crippen LogP contribution < -0.4 is 5.32 Å². The van der Waals surface area contributed by atoms with Crippen LogP contribution in [0.4, 0.5) is 0 Å². The van der Waals surface area contributed by atoms with Gasteiger partial charge in [-0.3, -0.25) is 4.21 Å². The highest BCUT2D eigenvalue weighted by Crippen LogP contribution is 1.92. The zero-order chi connectivity index (χ0) is 10.1. The Morgan fingerprint density at radius 3 is 2.77 bits per heavy atom. The average molecular weight is 207 g/mol. The molecule has 4 heteroatoms. The van der Waals surface area contributed by atoms with Crippen molar-refractivity contribution in [1.82, 2.24) is 5.32 Å². The van der Waals surface area contributed by atoms with Crippen LogP contribution in [-0.2, 0) is 15.5 Å². The van der Waals surface area contributed by atoms with E-state index in [4.69, 9.17) is 4.74 Å². The highest BCUT2D eigenvalue weighted by atomic mass is 32.2. The zero-order valence-electron chi connectivity index (χ0n) is 8.84. The lowest BCUT2D eigenvalue weighted by Crippen LogP contribution is -2.28. The fourth-order valence-corrected chi connectivity index (χ4v) is 1.70. The Bertz CT molecular complexity index is 142. The molecule has 0 aromatic carbocycles. The second kappa shape index (κ2) is 8.66. The molecule has 0 fully saturated rings. The van der Waals surface area contributed by atoms with Crippen LogP contribution in [0.1, 0.15) is 19.8 Å². The van der Waals surface area contributed by atoms with Crippen molar-refractivity contribution >= 4 is 10.8 Å². The summed E-state index contributed by atoms with van der Waals surface area (Å²) in [5.41, 5.74) is 0. The molecule has 2 unspecified atom stereocenters. The van der Waals surface area contributed by atoms with Gasteiger partial charge in [-0.2, -0.15) is 0 Å². The van der Waals surface area contributed by atoms with E-state index in [-0.39, 0.29) is 0 Å². The Balaban J connectivity index is 3.19. The molecule has 0 saturated carbocycles. The maximum Gasteiger partial charge on any atom is 0.0474 e. The van der Waals surface area contributed by atoms with Crippen molar-refractivity contribution in [3.8, 4) is 0 Å². The second-order valence-electron chi connectivity index (χ2n) is 3.27. The van der Waals surface area contributed by atoms with Crippen molar-refractivity contribution in [1.29, 1.82) is 0 Å². The topological polar surface area (TPSA) is 38.3 Å². The third-order valence-corrected chi connectivity index (χ3v) is 2.67. The lowest BCUT2D eigenvalue weighted by Gasteiger charge is -2.12. The third kappa shape index (κ3) is 9.99. The molecule has 0 aliphatic rings. The third-order valence-electron chi connectivity index (χ3n) is 1.86. The molecule has 0 amide bonds. The van der Waals surface area contributed by atoms with Gasteiger partial charge in [0.05, 0.1) is 0 Å². The van der Waals surface area contributed by atoms with E-state index >= 15 is 0 Å². The van der Waals surface area contributed by atoms with Crippen LogP contribution in [-0.4, -0.2) is 42.5 Å². The van der Waals surface area contributed by atoms with Crippen LogP contribution in [0.5, 0.6) is 0 Å². The Hall–Kier alpha value is 0.0700. The van der Waals surface area contributed by atoms with Crippen molar-refractivity contribution < 1.29 is 8.95 Å². The Kier molecular flexibility index (Phi) is 8.71. The highest BCUT2D eigenvalue weighted by molar-refractivity contribution is 7.84. The SMILES string of the molecule is COCCCNC(C)CCS(C)=O. The summed E-state index contributed by atoms with van der Waals surface area (Å²) in [6.07, 6.45) is 3.77. The zero-order valence-corrected chi connectivity index (χ0v) is 9.65. The second-order valence-corrected chi connectivity index (χ2v) is 4.82. The number of ether oxygens (including phenoxy) is 1. The van der Waals surface area contributed by atoms with E-state index < -0.39 is 10.8 Å². The van der Waals surface area contributed by atoms with Gasteiger partial charge in [0.1, 0.15) is 0 Å². The lowest BCUT2D eigenvalue weighted by molar-refractivity contribution is 0.193. The van der Waals surface area contributed by atoms with Crippen LogP contribution in [0.15, 0.2) is 0 Å². The molecule has 0 aromatic rings. The van der Waals surface area contributed by atoms with Gasteiger partial charge in [-0.15, -0.1) is 0 Å². The number of methoxy groups -OCH3 is 1. The maximum absolute atomic E-state index is 10.8. The number of nitrogens with one attached hydrogen (secondary N) is 1. The minimum Gasteiger partial charge on any atom is -0.385 e. The molecule has 2 atom stereocenters. The molecule has 0 heterocycles. The van der Waals surface area contributed by atoms with Crippen LogP contribution in [0.25, 0.3) is 0 Å². The average Bonchev–Trinajstić information content (AvgIpc) is 2.09. The maximum atomic E-state index is 10.8. The summed E-state index contributed by atoms with van der Waals surface area (Å²) in [5.74, 6) is 0.790. The summed E-state index contributed by atoms with van der Waals surface area (Å²) in [6.45, 7) is 3.91. The van der Waals surface area contributed by atoms with Gasteiger partial charge in [-0.25, -0.2) is 0 Å². The molecule has 0 saturated heterocycles. The highest BCUT2D eigenvalue weighted by Gasteiger charge is 2.01. The first kappa shape index (κ1) is 13.1. The molecular weight excluding hydrogens is 186 g/mol. The molecule has 80 valence electrons. The van der Waals surface area contributed by atoms with Gasteiger partial charge >= 0.3 is 0 Å². The summed E-state index contributed by atoms with van der Waals surface area (Å²) in [4.78, 5) is 0. The first-order valence-electron chi connectivity index (χ1n) is 4.69. The molecule has 0 bridgehead atoms. The van der Waals surface area contributed by atoms with E-state index in [1.54, 1.807) is 13.4 Å². The Morgan fingerprint density at radius 2 is 2.23 bits per heavy atom. The predicted octanol–water partition coefficient (Wildman–Crippen LogP) is 0.770. The van der Waals surface area contributed by atoms with Crippen LogP contribution >= 0.6 is 0 Å². The summed E-state index contributed by atoms with van der Waals surface area (Å²) in [5, 5.41) is 3.36. The van der Waals surface area contributed by atoms with Gasteiger partial charge < -0.3 is 10.1 Å². The molecule has 1 N–H and O–H groups in total. The van der Waals surface area contributed by atoms with Crippen molar-refractivity contribution in [2.24, 2.45) is 0 Å². The van der Waals surface area contributed by atoms with E-state index in [1.165, 1.54) is 0 Å². The Morgan fingerprint density at radius 1 is 1.54 bits per heavy atom. The van der Waals surface area contributed by atoms with E-state index in [0.717, 1.165) is 31.7 Å². The minimum atomic E-state index is -0.660. The normalized spacial score (nSPS) is 15.6. The first-order chi connectivity index (χ1) is 6.16. The molecule has 0 spiro atoms. The van der Waals surface area contributed by atoms with E-state index in [2.05, 4.69) is 12.2 Å². The van der Waals surface area contributed by atoms with Gasteiger partial charge in [-0.1, -0.05) is 0 Å². The fraction of sp³-hybridized carbons (Fsp3) is 1.00. The Labute approximate surface area is 83.7 Å². The van der Waals surface area contributed by atoms with Crippen molar-refractivity contribution in [3.05, 3.63) is 0 Å². The summed E-state index contributed by atoms with van der Waals surface area (Å²) in [6, 6.07) is 0.459. The summed E-state index contributed by atoms with van der Waals surface area (Å²) >= 11 is 0. The molecule has 3 nitrogen and oxygen atoms in total. The number of hydrogen-bond acceptors (Lipinski definition) is 3. The molecule has 13 heavy (non-hydrogen) atoms. The van der Waals surface area contributed by atoms with Crippen molar-refractivity contribution in [2.75, 3.05) is 32.3 Å². The molecule has 0 aliphatic heterocycles. The van der Waals surface area contributed by atoms with Crippen molar-refractivity contribution in [2.45, 2.75) is 25.8 Å². The molecule has 0 aromatic heterocycles. The lowest BCUT2D eigenvalue weighted by atomic mass is 10.2. The van der Waals surface area contributed by atoms with Gasteiger partial charge in [-0.05, 0) is 26.3 Å². The van der Waals surface area contributed by atoms with Gasteiger partial charge in [0.2, 0.25) is 0 Å². The number of hydrogen-bond donors (Lipinski definition) is 1. The molecule has 0 aliphatic carbocycles. The predicted molar refractivity (Wildman–Crippen MR) is 57.5 cm³/mol. The van der Waals surface area contributed by atoms with Gasteiger partial charge in [0, 0.05) is 42.6 Å². The quantitative estimate of drug-likeness (QED) is 0.598. The van der Waals surface area contributed by atoms with Crippen LogP contribution in [0, 0.1) is 0 Å². The fourth-order valence-electron chi connectivity index (χ4n) is 1.01.